The molecule has 0 aliphatic heterocycles. The van der Waals surface area contributed by atoms with Crippen LogP contribution >= 0.6 is 0 Å². The monoisotopic (exact) mass is 234 g/mol. The van der Waals surface area contributed by atoms with E-state index in [1.165, 1.54) is 5.56 Å². The fraction of sp³-hybridized carbons (Fsp3) is 0.500. The molecule has 3 N–H and O–H groups in total. The molecule has 3 heteroatoms. The zero-order valence-corrected chi connectivity index (χ0v) is 10.9. The Bertz CT molecular complexity index is 388. The highest BCUT2D eigenvalue weighted by Crippen LogP contribution is 2.10. The van der Waals surface area contributed by atoms with Gasteiger partial charge in [-0.3, -0.25) is 4.79 Å². The van der Waals surface area contributed by atoms with Crippen LogP contribution < -0.4 is 11.1 Å². The van der Waals surface area contributed by atoms with Crippen molar-refractivity contribution in [1.29, 1.82) is 0 Å². The topological polar surface area (TPSA) is 55.1 Å². The number of amides is 1. The van der Waals surface area contributed by atoms with Crippen molar-refractivity contribution in [2.24, 2.45) is 11.7 Å². The van der Waals surface area contributed by atoms with Crippen molar-refractivity contribution in [3.63, 3.8) is 0 Å². The molecule has 1 aromatic carbocycles. The Labute approximate surface area is 103 Å². The zero-order valence-electron chi connectivity index (χ0n) is 10.9. The van der Waals surface area contributed by atoms with Gasteiger partial charge in [-0.15, -0.1) is 0 Å². The molecule has 3 nitrogen and oxygen atoms in total. The minimum absolute atomic E-state index is 0.00590. The summed E-state index contributed by atoms with van der Waals surface area (Å²) in [5.74, 6) is 0.432. The van der Waals surface area contributed by atoms with Gasteiger partial charge in [0.15, 0.2) is 0 Å². The van der Waals surface area contributed by atoms with E-state index in [4.69, 9.17) is 5.73 Å². The van der Waals surface area contributed by atoms with Gasteiger partial charge in [-0.2, -0.15) is 0 Å². The fourth-order valence-electron chi connectivity index (χ4n) is 1.82. The van der Waals surface area contributed by atoms with Crippen molar-refractivity contribution < 1.29 is 4.79 Å². The van der Waals surface area contributed by atoms with E-state index in [1.54, 1.807) is 0 Å². The third-order valence-corrected chi connectivity index (χ3v) is 2.90. The first-order valence-corrected chi connectivity index (χ1v) is 6.10. The number of hydrogen-bond acceptors (Lipinski definition) is 2. The number of rotatable bonds is 5. The molecular formula is C14H22N2O. The summed E-state index contributed by atoms with van der Waals surface area (Å²) in [4.78, 5) is 11.9. The summed E-state index contributed by atoms with van der Waals surface area (Å²) in [6.07, 6.45) is 0.938. The van der Waals surface area contributed by atoms with Gasteiger partial charge < -0.3 is 11.1 Å². The summed E-state index contributed by atoms with van der Waals surface area (Å²) >= 11 is 0. The molecule has 0 heterocycles. The van der Waals surface area contributed by atoms with Crippen LogP contribution in [-0.4, -0.2) is 19.0 Å². The lowest BCUT2D eigenvalue weighted by Crippen LogP contribution is -2.29. The highest BCUT2D eigenvalue weighted by Gasteiger charge is 2.09. The van der Waals surface area contributed by atoms with Gasteiger partial charge in [0, 0.05) is 12.1 Å². The van der Waals surface area contributed by atoms with Crippen molar-refractivity contribution in [2.75, 3.05) is 13.1 Å². The minimum Gasteiger partial charge on any atom is -0.352 e. The Hall–Kier alpha value is -1.35. The van der Waals surface area contributed by atoms with Crippen molar-refractivity contribution in [3.8, 4) is 0 Å². The number of aryl methyl sites for hydroxylation is 2. The van der Waals surface area contributed by atoms with E-state index in [0.29, 0.717) is 19.0 Å². The molecule has 1 amide bonds. The van der Waals surface area contributed by atoms with E-state index in [1.807, 2.05) is 32.0 Å². The number of carbonyl (C=O) groups is 1. The number of hydrogen-bond donors (Lipinski definition) is 2. The van der Waals surface area contributed by atoms with Crippen LogP contribution in [-0.2, 0) is 0 Å². The summed E-state index contributed by atoms with van der Waals surface area (Å²) in [7, 11) is 0. The molecule has 1 atom stereocenters. The summed E-state index contributed by atoms with van der Waals surface area (Å²) in [6, 6.07) is 5.87. The van der Waals surface area contributed by atoms with Crippen LogP contribution in [0.25, 0.3) is 0 Å². The molecule has 0 spiro atoms. The molecule has 17 heavy (non-hydrogen) atoms. The normalized spacial score (nSPS) is 12.2. The van der Waals surface area contributed by atoms with Gasteiger partial charge in [0.25, 0.3) is 5.91 Å². The first-order valence-electron chi connectivity index (χ1n) is 6.10. The van der Waals surface area contributed by atoms with Crippen LogP contribution in [0, 0.1) is 19.8 Å². The predicted octanol–water partition coefficient (Wildman–Crippen LogP) is 2.02. The molecule has 1 unspecified atom stereocenters. The van der Waals surface area contributed by atoms with Gasteiger partial charge in [-0.1, -0.05) is 24.6 Å². The quantitative estimate of drug-likeness (QED) is 0.819. The number of nitrogens with one attached hydrogen (secondary N) is 1. The Morgan fingerprint density at radius 2 is 2.12 bits per heavy atom. The Morgan fingerprint density at radius 1 is 1.41 bits per heavy atom. The van der Waals surface area contributed by atoms with Crippen LogP contribution in [0.15, 0.2) is 18.2 Å². The van der Waals surface area contributed by atoms with Crippen LogP contribution in [0.4, 0.5) is 0 Å². The van der Waals surface area contributed by atoms with Gasteiger partial charge in [0.1, 0.15) is 0 Å². The fourth-order valence-corrected chi connectivity index (χ4v) is 1.82. The molecule has 0 saturated carbocycles. The van der Waals surface area contributed by atoms with Gasteiger partial charge in [-0.25, -0.2) is 0 Å². The largest absolute Gasteiger partial charge is 0.352 e. The second-order valence-corrected chi connectivity index (χ2v) is 4.71. The smallest absolute Gasteiger partial charge is 0.251 e. The molecule has 0 fully saturated rings. The van der Waals surface area contributed by atoms with Crippen LogP contribution in [0.2, 0.25) is 0 Å². The Balaban J connectivity index is 2.58. The summed E-state index contributed by atoms with van der Waals surface area (Å²) in [5.41, 5.74) is 8.43. The molecule has 1 aromatic rings. The molecule has 1 rings (SSSR count). The van der Waals surface area contributed by atoms with E-state index in [2.05, 4.69) is 12.2 Å². The lowest BCUT2D eigenvalue weighted by molar-refractivity contribution is 0.0947. The zero-order chi connectivity index (χ0) is 12.8. The molecule has 0 radical (unpaired) electrons. The lowest BCUT2D eigenvalue weighted by Gasteiger charge is -2.12. The van der Waals surface area contributed by atoms with Crippen molar-refractivity contribution in [1.82, 2.24) is 5.32 Å². The maximum Gasteiger partial charge on any atom is 0.251 e. The average Bonchev–Trinajstić information content (AvgIpc) is 2.26. The Morgan fingerprint density at radius 3 is 2.71 bits per heavy atom. The SMILES string of the molecule is Cc1ccc(C(=O)NCC(C)CCN)c(C)c1. The summed E-state index contributed by atoms with van der Waals surface area (Å²) in [5, 5.41) is 2.95. The van der Waals surface area contributed by atoms with E-state index in [-0.39, 0.29) is 5.91 Å². The highest BCUT2D eigenvalue weighted by atomic mass is 16.1. The second kappa shape index (κ2) is 6.40. The van der Waals surface area contributed by atoms with E-state index in [9.17, 15) is 4.79 Å². The summed E-state index contributed by atoms with van der Waals surface area (Å²) in [6.45, 7) is 7.43. The number of benzene rings is 1. The average molecular weight is 234 g/mol. The maximum absolute atomic E-state index is 11.9. The third-order valence-electron chi connectivity index (χ3n) is 2.90. The van der Waals surface area contributed by atoms with Gasteiger partial charge in [0.05, 0.1) is 0 Å². The molecular weight excluding hydrogens is 212 g/mol. The second-order valence-electron chi connectivity index (χ2n) is 4.71. The standard InChI is InChI=1S/C14H22N2O/c1-10-4-5-13(12(3)8-10)14(17)16-9-11(2)6-7-15/h4-5,8,11H,6-7,9,15H2,1-3H3,(H,16,17). The third kappa shape index (κ3) is 4.19. The first kappa shape index (κ1) is 13.7. The van der Waals surface area contributed by atoms with E-state index in [0.717, 1.165) is 17.5 Å². The predicted molar refractivity (Wildman–Crippen MR) is 71.1 cm³/mol. The molecule has 0 aliphatic carbocycles. The van der Waals surface area contributed by atoms with Gasteiger partial charge >= 0.3 is 0 Å². The molecule has 0 saturated heterocycles. The van der Waals surface area contributed by atoms with Crippen molar-refractivity contribution in [2.45, 2.75) is 27.2 Å². The van der Waals surface area contributed by atoms with E-state index < -0.39 is 0 Å². The Kier molecular flexibility index (Phi) is 5.16. The maximum atomic E-state index is 11.9. The minimum atomic E-state index is 0.00590. The molecule has 0 aromatic heterocycles. The van der Waals surface area contributed by atoms with Crippen LogP contribution in [0.5, 0.6) is 0 Å². The molecule has 0 aliphatic rings. The van der Waals surface area contributed by atoms with Gasteiger partial charge in [0.2, 0.25) is 0 Å². The lowest BCUT2D eigenvalue weighted by atomic mass is 10.0. The van der Waals surface area contributed by atoms with Crippen LogP contribution in [0.3, 0.4) is 0 Å². The number of nitrogens with two attached hydrogens (primary N) is 1. The molecule has 94 valence electrons. The molecule has 0 bridgehead atoms. The highest BCUT2D eigenvalue weighted by molar-refractivity contribution is 5.95. The first-order chi connectivity index (χ1) is 8.04. The van der Waals surface area contributed by atoms with Crippen LogP contribution in [0.1, 0.15) is 34.8 Å². The van der Waals surface area contributed by atoms with Crippen molar-refractivity contribution in [3.05, 3.63) is 34.9 Å². The number of carbonyl (C=O) groups excluding carboxylic acids is 1. The summed E-state index contributed by atoms with van der Waals surface area (Å²) < 4.78 is 0. The van der Waals surface area contributed by atoms with Gasteiger partial charge in [-0.05, 0) is 44.4 Å². The van der Waals surface area contributed by atoms with Crippen molar-refractivity contribution >= 4 is 5.91 Å². The van der Waals surface area contributed by atoms with E-state index >= 15 is 0 Å².